The molecule has 0 unspecified atom stereocenters. The molecule has 0 saturated carbocycles. The largest absolute Gasteiger partial charge is 0.494 e. The summed E-state index contributed by atoms with van der Waals surface area (Å²) in [4.78, 5) is 0. The predicted octanol–water partition coefficient (Wildman–Crippen LogP) is 7.22. The zero-order valence-electron chi connectivity index (χ0n) is 20.0. The zero-order chi connectivity index (χ0) is 23.5. The lowest BCUT2D eigenvalue weighted by Crippen LogP contribution is -2.41. The normalized spacial score (nSPS) is 17.0. The molecule has 0 bridgehead atoms. The van der Waals surface area contributed by atoms with Gasteiger partial charge in [0.25, 0.3) is 0 Å². The molecule has 1 aliphatic heterocycles. The van der Waals surface area contributed by atoms with Crippen molar-refractivity contribution in [2.45, 2.75) is 38.9 Å². The van der Waals surface area contributed by atoms with Crippen LogP contribution in [0.3, 0.4) is 0 Å². The molecule has 34 heavy (non-hydrogen) atoms. The third-order valence-electron chi connectivity index (χ3n) is 7.34. The highest BCUT2D eigenvalue weighted by Gasteiger charge is 2.51. The third kappa shape index (κ3) is 3.29. The number of benzene rings is 4. The lowest BCUT2D eigenvalue weighted by molar-refractivity contribution is 0.00578. The molecule has 4 heteroatoms. The molecule has 1 aromatic heterocycles. The fourth-order valence-electron chi connectivity index (χ4n) is 4.74. The summed E-state index contributed by atoms with van der Waals surface area (Å²) in [6.45, 7) is 8.30. The lowest BCUT2D eigenvalue weighted by atomic mass is 9.78. The highest BCUT2D eigenvalue weighted by Crippen LogP contribution is 2.43. The minimum Gasteiger partial charge on any atom is -0.455 e. The molecule has 1 aliphatic rings. The molecule has 0 aliphatic carbocycles. The summed E-state index contributed by atoms with van der Waals surface area (Å²) in [5, 5.41) is 3.44. The topological polar surface area (TPSA) is 31.6 Å². The summed E-state index contributed by atoms with van der Waals surface area (Å²) in [5.41, 5.74) is 4.33. The van der Waals surface area contributed by atoms with Crippen LogP contribution >= 0.6 is 0 Å². The molecule has 1 fully saturated rings. The van der Waals surface area contributed by atoms with E-state index in [0.29, 0.717) is 0 Å². The van der Waals surface area contributed by atoms with Gasteiger partial charge in [-0.25, -0.2) is 0 Å². The monoisotopic (exact) mass is 446 g/mol. The van der Waals surface area contributed by atoms with Crippen LogP contribution < -0.4 is 5.46 Å². The summed E-state index contributed by atoms with van der Waals surface area (Å²) in [6.07, 6.45) is 0. The van der Waals surface area contributed by atoms with E-state index in [1.54, 1.807) is 0 Å². The maximum absolute atomic E-state index is 6.64. The quantitative estimate of drug-likeness (QED) is 0.274. The van der Waals surface area contributed by atoms with E-state index in [9.17, 15) is 0 Å². The van der Waals surface area contributed by atoms with E-state index in [1.165, 1.54) is 10.8 Å². The maximum atomic E-state index is 6.64. The molecule has 6 rings (SSSR count). The van der Waals surface area contributed by atoms with Crippen LogP contribution in [0.2, 0.25) is 0 Å². The van der Waals surface area contributed by atoms with Crippen LogP contribution in [0.25, 0.3) is 44.2 Å². The number of fused-ring (bicyclic) bond motifs is 2. The number of furan rings is 1. The molecular weight excluding hydrogens is 419 g/mol. The van der Waals surface area contributed by atoms with Crippen molar-refractivity contribution in [3.8, 4) is 22.5 Å². The molecule has 0 radical (unpaired) electrons. The van der Waals surface area contributed by atoms with E-state index in [-0.39, 0.29) is 11.2 Å². The average molecular weight is 446 g/mol. The molecule has 3 nitrogen and oxygen atoms in total. The van der Waals surface area contributed by atoms with Crippen LogP contribution in [-0.4, -0.2) is 18.3 Å². The van der Waals surface area contributed by atoms with Gasteiger partial charge in [0.15, 0.2) is 0 Å². The molecule has 4 aromatic carbocycles. The lowest BCUT2D eigenvalue weighted by Gasteiger charge is -2.32. The van der Waals surface area contributed by atoms with Gasteiger partial charge in [-0.3, -0.25) is 0 Å². The van der Waals surface area contributed by atoms with Crippen molar-refractivity contribution in [3.05, 3.63) is 91.0 Å². The Bertz CT molecular complexity index is 1490. The summed E-state index contributed by atoms with van der Waals surface area (Å²) >= 11 is 0. The fourth-order valence-corrected chi connectivity index (χ4v) is 4.74. The summed E-state index contributed by atoms with van der Waals surface area (Å²) in [7, 11) is -0.430. The second kappa shape index (κ2) is 7.59. The standard InChI is InChI=1S/C30H27BO3/c1-29(2)30(3,4)34-31(33-29)22-17-18-25-26(19-22)32-28(27(25)21-12-6-5-7-13-21)24-16-10-14-20-11-8-9-15-23(20)24/h5-19H,1-4H3. The Balaban J connectivity index is 1.56. The smallest absolute Gasteiger partial charge is 0.455 e. The van der Waals surface area contributed by atoms with Crippen LogP contribution in [0.1, 0.15) is 27.7 Å². The van der Waals surface area contributed by atoms with E-state index in [4.69, 9.17) is 13.7 Å². The van der Waals surface area contributed by atoms with Crippen LogP contribution in [-0.2, 0) is 9.31 Å². The minimum atomic E-state index is -0.430. The van der Waals surface area contributed by atoms with Gasteiger partial charge in [0.2, 0.25) is 0 Å². The minimum absolute atomic E-state index is 0.390. The van der Waals surface area contributed by atoms with E-state index >= 15 is 0 Å². The van der Waals surface area contributed by atoms with Crippen molar-refractivity contribution < 1.29 is 13.7 Å². The van der Waals surface area contributed by atoms with E-state index in [0.717, 1.165) is 38.9 Å². The first-order valence-corrected chi connectivity index (χ1v) is 11.8. The van der Waals surface area contributed by atoms with E-state index in [1.807, 2.05) is 6.07 Å². The number of hydrogen-bond donors (Lipinski definition) is 0. The average Bonchev–Trinajstić information content (AvgIpc) is 3.32. The first-order valence-electron chi connectivity index (χ1n) is 11.8. The second-order valence-electron chi connectivity index (χ2n) is 10.0. The van der Waals surface area contributed by atoms with Crippen molar-refractivity contribution in [1.82, 2.24) is 0 Å². The highest BCUT2D eigenvalue weighted by atomic mass is 16.7. The van der Waals surface area contributed by atoms with Gasteiger partial charge in [0.1, 0.15) is 11.3 Å². The number of rotatable bonds is 3. The van der Waals surface area contributed by atoms with E-state index in [2.05, 4.69) is 113 Å². The van der Waals surface area contributed by atoms with Crippen LogP contribution in [0.5, 0.6) is 0 Å². The second-order valence-corrected chi connectivity index (χ2v) is 10.0. The summed E-state index contributed by atoms with van der Waals surface area (Å²) < 4.78 is 19.2. The van der Waals surface area contributed by atoms with Crippen molar-refractivity contribution in [2.75, 3.05) is 0 Å². The van der Waals surface area contributed by atoms with Gasteiger partial charge >= 0.3 is 7.12 Å². The SMILES string of the molecule is CC1(C)OB(c2ccc3c(-c4ccccc4)c(-c4cccc5ccccc45)oc3c2)OC1(C)C. The van der Waals surface area contributed by atoms with Gasteiger partial charge in [-0.1, -0.05) is 84.9 Å². The van der Waals surface area contributed by atoms with Crippen molar-refractivity contribution in [2.24, 2.45) is 0 Å². The Kier molecular flexibility index (Phi) is 4.74. The third-order valence-corrected chi connectivity index (χ3v) is 7.34. The Morgan fingerprint density at radius 2 is 1.32 bits per heavy atom. The molecule has 168 valence electrons. The van der Waals surface area contributed by atoms with Crippen molar-refractivity contribution >= 4 is 34.3 Å². The van der Waals surface area contributed by atoms with Gasteiger partial charge in [0.05, 0.1) is 11.2 Å². The Hall–Kier alpha value is -3.34. The van der Waals surface area contributed by atoms with Crippen molar-refractivity contribution in [3.63, 3.8) is 0 Å². The summed E-state index contributed by atoms with van der Waals surface area (Å²) in [5.74, 6) is 0.879. The number of hydrogen-bond acceptors (Lipinski definition) is 3. The highest BCUT2D eigenvalue weighted by molar-refractivity contribution is 6.62. The molecule has 0 atom stereocenters. The van der Waals surface area contributed by atoms with Crippen LogP contribution in [0.4, 0.5) is 0 Å². The molecule has 0 amide bonds. The first-order chi connectivity index (χ1) is 16.3. The fraction of sp³-hybridized carbons (Fsp3) is 0.200. The molecule has 1 saturated heterocycles. The molecule has 5 aromatic rings. The Labute approximate surface area is 200 Å². The van der Waals surface area contributed by atoms with Crippen molar-refractivity contribution in [1.29, 1.82) is 0 Å². The zero-order valence-corrected chi connectivity index (χ0v) is 20.0. The molecule has 0 spiro atoms. The Morgan fingerprint density at radius 3 is 2.09 bits per heavy atom. The van der Waals surface area contributed by atoms with Crippen LogP contribution in [0.15, 0.2) is 95.4 Å². The molecular formula is C30H27BO3. The van der Waals surface area contributed by atoms with Gasteiger partial charge < -0.3 is 13.7 Å². The van der Waals surface area contributed by atoms with Gasteiger partial charge in [-0.05, 0) is 55.6 Å². The Morgan fingerprint density at radius 1 is 0.647 bits per heavy atom. The first kappa shape index (κ1) is 21.2. The van der Waals surface area contributed by atoms with E-state index < -0.39 is 7.12 Å². The van der Waals surface area contributed by atoms with Gasteiger partial charge in [-0.2, -0.15) is 0 Å². The maximum Gasteiger partial charge on any atom is 0.494 e. The summed E-state index contributed by atoms with van der Waals surface area (Å²) in [6, 6.07) is 31.6. The molecule has 2 heterocycles. The molecule has 0 N–H and O–H groups in total. The van der Waals surface area contributed by atoms with Gasteiger partial charge in [0, 0.05) is 16.5 Å². The van der Waals surface area contributed by atoms with Gasteiger partial charge in [-0.15, -0.1) is 0 Å². The van der Waals surface area contributed by atoms with Crippen LogP contribution in [0, 0.1) is 0 Å². The predicted molar refractivity (Wildman–Crippen MR) is 140 cm³/mol.